The molecule has 1 atom stereocenters. The molecule has 3 heterocycles. The molecule has 0 radical (unpaired) electrons. The first-order valence-electron chi connectivity index (χ1n) is 8.57. The Labute approximate surface area is 131 Å². The van der Waals surface area contributed by atoms with Crippen LogP contribution in [0.15, 0.2) is 4.42 Å². The van der Waals surface area contributed by atoms with E-state index in [9.17, 15) is 4.79 Å². The number of oxazole rings is 1. The van der Waals surface area contributed by atoms with Crippen molar-refractivity contribution >= 4 is 5.91 Å². The minimum Gasteiger partial charge on any atom is -0.435 e. The van der Waals surface area contributed by atoms with Gasteiger partial charge in [-0.15, -0.1) is 0 Å². The van der Waals surface area contributed by atoms with Crippen molar-refractivity contribution in [1.29, 1.82) is 0 Å². The van der Waals surface area contributed by atoms with Gasteiger partial charge in [0.1, 0.15) is 0 Å². The molecular formula is C17H24N2O3. The van der Waals surface area contributed by atoms with Crippen LogP contribution in [0.2, 0.25) is 0 Å². The van der Waals surface area contributed by atoms with Crippen LogP contribution in [0.3, 0.4) is 0 Å². The summed E-state index contributed by atoms with van der Waals surface area (Å²) in [6.45, 7) is 4.20. The molecule has 1 saturated carbocycles. The Balaban J connectivity index is 1.51. The predicted molar refractivity (Wildman–Crippen MR) is 80.9 cm³/mol. The zero-order valence-corrected chi connectivity index (χ0v) is 13.3. The van der Waals surface area contributed by atoms with Gasteiger partial charge in [0.2, 0.25) is 5.76 Å². The third-order valence-electron chi connectivity index (χ3n) is 5.20. The summed E-state index contributed by atoms with van der Waals surface area (Å²) in [6, 6.07) is 0. The van der Waals surface area contributed by atoms with Crippen molar-refractivity contribution in [2.75, 3.05) is 19.7 Å². The Bertz CT molecular complexity index is 565. The Kier molecular flexibility index (Phi) is 3.48. The number of carbonyl (C=O) groups excluding carboxylic acids is 1. The van der Waals surface area contributed by atoms with Gasteiger partial charge in [-0.1, -0.05) is 0 Å². The van der Waals surface area contributed by atoms with Crippen LogP contribution in [0.1, 0.15) is 73.0 Å². The van der Waals surface area contributed by atoms with E-state index in [4.69, 9.17) is 9.15 Å². The molecule has 2 aliphatic heterocycles. The quantitative estimate of drug-likeness (QED) is 0.842. The number of aromatic nitrogens is 1. The first kappa shape index (κ1) is 14.2. The monoisotopic (exact) mass is 304 g/mol. The van der Waals surface area contributed by atoms with Crippen LogP contribution >= 0.6 is 0 Å². The van der Waals surface area contributed by atoms with Gasteiger partial charge >= 0.3 is 0 Å². The number of nitrogens with zero attached hydrogens (tertiary/aromatic N) is 2. The predicted octanol–water partition coefficient (Wildman–Crippen LogP) is 3.04. The van der Waals surface area contributed by atoms with E-state index in [0.717, 1.165) is 63.3 Å². The number of aryl methyl sites for hydroxylation is 1. The van der Waals surface area contributed by atoms with E-state index >= 15 is 0 Å². The molecule has 5 nitrogen and oxygen atoms in total. The molecule has 1 unspecified atom stereocenters. The van der Waals surface area contributed by atoms with Gasteiger partial charge in [0.15, 0.2) is 5.89 Å². The Hall–Kier alpha value is -1.36. The largest absolute Gasteiger partial charge is 0.435 e. The molecule has 2 saturated heterocycles. The van der Waals surface area contributed by atoms with Crippen LogP contribution < -0.4 is 0 Å². The molecule has 5 heteroatoms. The summed E-state index contributed by atoms with van der Waals surface area (Å²) >= 11 is 0. The van der Waals surface area contributed by atoms with Crippen molar-refractivity contribution in [3.8, 4) is 0 Å². The standard InChI is InChI=1S/C17H24N2O3/c1-12-14(22-15(18-12)13-5-6-13)16(20)19-9-4-8-17(11-19)7-2-3-10-21-17/h13H,2-11H2,1H3. The van der Waals surface area contributed by atoms with Crippen LogP contribution in [-0.2, 0) is 4.74 Å². The van der Waals surface area contributed by atoms with E-state index in [1.165, 1.54) is 6.42 Å². The minimum absolute atomic E-state index is 0.00912. The molecule has 1 spiro atoms. The number of hydrogen-bond acceptors (Lipinski definition) is 4. The lowest BCUT2D eigenvalue weighted by molar-refractivity contribution is -0.110. The number of likely N-dealkylation sites (tertiary alicyclic amines) is 1. The van der Waals surface area contributed by atoms with E-state index in [0.29, 0.717) is 18.2 Å². The molecule has 4 rings (SSSR count). The molecule has 1 aromatic rings. The Morgan fingerprint density at radius 1 is 1.27 bits per heavy atom. The Morgan fingerprint density at radius 2 is 2.09 bits per heavy atom. The third kappa shape index (κ3) is 2.56. The van der Waals surface area contributed by atoms with Crippen molar-refractivity contribution in [3.05, 3.63) is 17.3 Å². The fourth-order valence-corrected chi connectivity index (χ4v) is 3.77. The van der Waals surface area contributed by atoms with Gasteiger partial charge in [-0.25, -0.2) is 4.98 Å². The molecule has 1 amide bonds. The smallest absolute Gasteiger partial charge is 0.291 e. The van der Waals surface area contributed by atoms with Crippen molar-refractivity contribution in [2.24, 2.45) is 0 Å². The molecule has 120 valence electrons. The molecular weight excluding hydrogens is 280 g/mol. The van der Waals surface area contributed by atoms with E-state index in [2.05, 4.69) is 4.98 Å². The normalized spacial score (nSPS) is 29.0. The molecule has 3 aliphatic rings. The maximum Gasteiger partial charge on any atom is 0.291 e. The van der Waals surface area contributed by atoms with Crippen molar-refractivity contribution in [3.63, 3.8) is 0 Å². The van der Waals surface area contributed by atoms with Gasteiger partial charge in [0.25, 0.3) is 5.91 Å². The lowest BCUT2D eigenvalue weighted by Gasteiger charge is -2.44. The van der Waals surface area contributed by atoms with Gasteiger partial charge < -0.3 is 14.1 Å². The van der Waals surface area contributed by atoms with Gasteiger partial charge in [0, 0.05) is 19.1 Å². The van der Waals surface area contributed by atoms with E-state index in [1.807, 2.05) is 11.8 Å². The summed E-state index contributed by atoms with van der Waals surface area (Å²) in [4.78, 5) is 19.2. The van der Waals surface area contributed by atoms with E-state index in [-0.39, 0.29) is 11.5 Å². The van der Waals surface area contributed by atoms with Gasteiger partial charge in [-0.2, -0.15) is 0 Å². The highest BCUT2D eigenvalue weighted by atomic mass is 16.5. The van der Waals surface area contributed by atoms with Crippen LogP contribution in [0.4, 0.5) is 0 Å². The molecule has 0 aromatic carbocycles. The maximum absolute atomic E-state index is 12.8. The number of piperidine rings is 1. The zero-order valence-electron chi connectivity index (χ0n) is 13.3. The molecule has 22 heavy (non-hydrogen) atoms. The van der Waals surface area contributed by atoms with Crippen molar-refractivity contribution < 1.29 is 13.9 Å². The summed E-state index contributed by atoms with van der Waals surface area (Å²) in [5.74, 6) is 1.62. The van der Waals surface area contributed by atoms with Gasteiger partial charge in [0.05, 0.1) is 17.8 Å². The fraction of sp³-hybridized carbons (Fsp3) is 0.765. The first-order chi connectivity index (χ1) is 10.7. The second kappa shape index (κ2) is 5.37. The summed E-state index contributed by atoms with van der Waals surface area (Å²) in [5, 5.41) is 0. The van der Waals surface area contributed by atoms with Gasteiger partial charge in [-0.05, 0) is 51.9 Å². The number of carbonyl (C=O) groups is 1. The highest BCUT2D eigenvalue weighted by molar-refractivity contribution is 5.92. The molecule has 1 aliphatic carbocycles. The Morgan fingerprint density at radius 3 is 2.82 bits per heavy atom. The lowest BCUT2D eigenvalue weighted by atomic mass is 9.85. The number of rotatable bonds is 2. The van der Waals surface area contributed by atoms with Crippen LogP contribution in [0.25, 0.3) is 0 Å². The molecule has 3 fully saturated rings. The first-order valence-corrected chi connectivity index (χ1v) is 8.57. The number of amides is 1. The van der Waals surface area contributed by atoms with Crippen LogP contribution in [0, 0.1) is 6.92 Å². The summed E-state index contributed by atoms with van der Waals surface area (Å²) in [7, 11) is 0. The average Bonchev–Trinajstić information content (AvgIpc) is 3.30. The SMILES string of the molecule is Cc1nc(C2CC2)oc1C(=O)N1CCCC2(CCCCO2)C1. The van der Waals surface area contributed by atoms with Crippen molar-refractivity contribution in [1.82, 2.24) is 9.88 Å². The highest BCUT2D eigenvalue weighted by Crippen LogP contribution is 2.40. The second-order valence-corrected chi connectivity index (χ2v) is 7.06. The lowest BCUT2D eigenvalue weighted by Crippen LogP contribution is -2.53. The second-order valence-electron chi connectivity index (χ2n) is 7.06. The average molecular weight is 304 g/mol. The van der Waals surface area contributed by atoms with Gasteiger partial charge in [-0.3, -0.25) is 4.79 Å². The summed E-state index contributed by atoms with van der Waals surface area (Å²) < 4.78 is 11.9. The fourth-order valence-electron chi connectivity index (χ4n) is 3.77. The molecule has 1 aromatic heterocycles. The number of ether oxygens (including phenoxy) is 1. The van der Waals surface area contributed by atoms with E-state index in [1.54, 1.807) is 0 Å². The maximum atomic E-state index is 12.8. The van der Waals surface area contributed by atoms with Crippen LogP contribution in [-0.4, -0.2) is 41.1 Å². The molecule has 0 N–H and O–H groups in total. The number of hydrogen-bond donors (Lipinski definition) is 0. The topological polar surface area (TPSA) is 55.6 Å². The third-order valence-corrected chi connectivity index (χ3v) is 5.20. The highest BCUT2D eigenvalue weighted by Gasteiger charge is 2.40. The summed E-state index contributed by atoms with van der Waals surface area (Å²) in [6.07, 6.45) is 7.76. The van der Waals surface area contributed by atoms with Crippen LogP contribution in [0.5, 0.6) is 0 Å². The zero-order chi connectivity index (χ0) is 15.2. The van der Waals surface area contributed by atoms with Crippen molar-refractivity contribution in [2.45, 2.75) is 63.4 Å². The molecule has 0 bridgehead atoms. The summed E-state index contributed by atoms with van der Waals surface area (Å²) in [5.41, 5.74) is 0.621. The van der Waals surface area contributed by atoms with E-state index < -0.39 is 0 Å². The minimum atomic E-state index is -0.112.